The van der Waals surface area contributed by atoms with E-state index < -0.39 is 5.54 Å². The Morgan fingerprint density at radius 3 is 2.26 bits per heavy atom. The van der Waals surface area contributed by atoms with Crippen LogP contribution >= 0.6 is 0 Å². The minimum atomic E-state index is -0.601. The van der Waals surface area contributed by atoms with E-state index in [4.69, 9.17) is 10.7 Å². The topological polar surface area (TPSA) is 64.2 Å². The van der Waals surface area contributed by atoms with Crippen LogP contribution in [0.4, 0.5) is 8.78 Å². The second-order valence-electron chi connectivity index (χ2n) is 9.51. The normalized spacial score (nSPS) is 14.5. The van der Waals surface area contributed by atoms with Gasteiger partial charge in [0, 0.05) is 24.3 Å². The molecule has 0 bridgehead atoms. The predicted octanol–water partition coefficient (Wildman–Crippen LogP) is 5.29. The molecule has 2 N–H and O–H groups in total. The maximum absolute atomic E-state index is 14.7. The average Bonchev–Trinajstić information content (AvgIpc) is 3.16. The average molecular weight is 469 g/mol. The number of halogens is 2. The highest BCUT2D eigenvalue weighted by Crippen LogP contribution is 2.39. The van der Waals surface area contributed by atoms with E-state index in [1.165, 1.54) is 18.2 Å². The molecule has 1 aliphatic heterocycles. The molecular formula is C27H34F2N4O. The Morgan fingerprint density at radius 2 is 1.74 bits per heavy atom. The third kappa shape index (κ3) is 4.89. The number of carbonyl (C=O) groups is 1. The number of hydrogen-bond acceptors (Lipinski definition) is 3. The van der Waals surface area contributed by atoms with Crippen molar-refractivity contribution in [3.63, 3.8) is 0 Å². The highest BCUT2D eigenvalue weighted by atomic mass is 19.1. The monoisotopic (exact) mass is 468 g/mol. The fourth-order valence-corrected chi connectivity index (χ4v) is 4.54. The van der Waals surface area contributed by atoms with Gasteiger partial charge in [0.15, 0.2) is 0 Å². The summed E-state index contributed by atoms with van der Waals surface area (Å²) < 4.78 is 28.9. The van der Waals surface area contributed by atoms with Gasteiger partial charge in [-0.25, -0.2) is 13.8 Å². The Balaban J connectivity index is 0.000000343. The zero-order chi connectivity index (χ0) is 25.2. The molecule has 0 spiro atoms. The van der Waals surface area contributed by atoms with Crippen LogP contribution in [0.3, 0.4) is 0 Å². The second kappa shape index (κ2) is 10.1. The van der Waals surface area contributed by atoms with E-state index in [0.29, 0.717) is 24.3 Å². The molecule has 2 heterocycles. The van der Waals surface area contributed by atoms with Gasteiger partial charge in [0.25, 0.3) is 0 Å². The molecule has 0 aliphatic carbocycles. The summed E-state index contributed by atoms with van der Waals surface area (Å²) in [6.45, 7) is 13.1. The van der Waals surface area contributed by atoms with Crippen LogP contribution in [0.1, 0.15) is 56.3 Å². The summed E-state index contributed by atoms with van der Waals surface area (Å²) in [5.41, 5.74) is 9.18. The third-order valence-corrected chi connectivity index (χ3v) is 6.27. The molecule has 182 valence electrons. The van der Waals surface area contributed by atoms with Crippen LogP contribution in [0, 0.1) is 25.5 Å². The standard InChI is InChI=1S/C20H27FN4O.C7H7F/c1-12(2)18-17(16-13(3)7-6-8-14(16)21)23-19-20(4,5)25(15(26)11-22)10-9-24(18)19;1-6-2-4-7(8)5-3-6/h6-8,12H,9-11,22H2,1-5H3;2-5H,1H3. The fourth-order valence-electron chi connectivity index (χ4n) is 4.54. The van der Waals surface area contributed by atoms with Crippen molar-refractivity contribution in [1.29, 1.82) is 0 Å². The number of nitrogens with zero attached hydrogens (tertiary/aromatic N) is 3. The third-order valence-electron chi connectivity index (χ3n) is 6.27. The Kier molecular flexibility index (Phi) is 7.56. The second-order valence-corrected chi connectivity index (χ2v) is 9.51. The molecule has 5 nitrogen and oxygen atoms in total. The number of benzene rings is 2. The van der Waals surface area contributed by atoms with Crippen LogP contribution < -0.4 is 5.73 Å². The Labute approximate surface area is 200 Å². The highest BCUT2D eigenvalue weighted by molar-refractivity contribution is 5.79. The van der Waals surface area contributed by atoms with Crippen LogP contribution in [0.15, 0.2) is 42.5 Å². The Morgan fingerprint density at radius 1 is 1.09 bits per heavy atom. The van der Waals surface area contributed by atoms with Crippen molar-refractivity contribution < 1.29 is 13.6 Å². The van der Waals surface area contributed by atoms with Crippen molar-refractivity contribution >= 4 is 5.91 Å². The molecule has 1 aromatic heterocycles. The summed E-state index contributed by atoms with van der Waals surface area (Å²) in [6.07, 6.45) is 0. The van der Waals surface area contributed by atoms with E-state index in [1.807, 2.05) is 33.8 Å². The predicted molar refractivity (Wildman–Crippen MR) is 131 cm³/mol. The molecule has 0 saturated heterocycles. The lowest BCUT2D eigenvalue weighted by Gasteiger charge is -2.42. The number of imidazole rings is 1. The number of rotatable bonds is 3. The summed E-state index contributed by atoms with van der Waals surface area (Å²) in [5.74, 6) is 0.425. The first-order chi connectivity index (χ1) is 16.0. The van der Waals surface area contributed by atoms with Gasteiger partial charge in [-0.1, -0.05) is 43.7 Å². The quantitative estimate of drug-likeness (QED) is 0.568. The number of hydrogen-bond donors (Lipinski definition) is 1. The van der Waals surface area contributed by atoms with Gasteiger partial charge < -0.3 is 15.2 Å². The molecule has 1 amide bonds. The number of fused-ring (bicyclic) bond motifs is 1. The lowest BCUT2D eigenvalue weighted by molar-refractivity contribution is -0.137. The first kappa shape index (κ1) is 25.6. The van der Waals surface area contributed by atoms with E-state index in [9.17, 15) is 13.6 Å². The number of aromatic nitrogens is 2. The minimum Gasteiger partial charge on any atom is -0.327 e. The summed E-state index contributed by atoms with van der Waals surface area (Å²) in [4.78, 5) is 18.9. The van der Waals surface area contributed by atoms with Crippen molar-refractivity contribution in [3.05, 3.63) is 76.7 Å². The maximum Gasteiger partial charge on any atom is 0.237 e. The van der Waals surface area contributed by atoms with Gasteiger partial charge in [-0.2, -0.15) is 0 Å². The summed E-state index contributed by atoms with van der Waals surface area (Å²) in [5, 5.41) is 0. The molecule has 0 fully saturated rings. The molecule has 3 aromatic rings. The zero-order valence-electron chi connectivity index (χ0n) is 20.8. The van der Waals surface area contributed by atoms with Crippen LogP contribution in [0.5, 0.6) is 0 Å². The molecule has 2 aromatic carbocycles. The molecule has 1 aliphatic rings. The largest absolute Gasteiger partial charge is 0.327 e. The van der Waals surface area contributed by atoms with E-state index in [1.54, 1.807) is 23.1 Å². The fraction of sp³-hybridized carbons (Fsp3) is 0.407. The molecule has 0 saturated carbocycles. The minimum absolute atomic E-state index is 0.0273. The van der Waals surface area contributed by atoms with Crippen molar-refractivity contribution in [1.82, 2.24) is 14.5 Å². The van der Waals surface area contributed by atoms with E-state index in [-0.39, 0.29) is 30.0 Å². The smallest absolute Gasteiger partial charge is 0.237 e. The molecule has 34 heavy (non-hydrogen) atoms. The highest BCUT2D eigenvalue weighted by Gasteiger charge is 2.41. The lowest BCUT2D eigenvalue weighted by atomic mass is 9.97. The number of aryl methyl sites for hydroxylation is 2. The van der Waals surface area contributed by atoms with Gasteiger partial charge in [-0.05, 0) is 57.4 Å². The molecule has 0 atom stereocenters. The van der Waals surface area contributed by atoms with Gasteiger partial charge >= 0.3 is 0 Å². The molecule has 4 rings (SSSR count). The van der Waals surface area contributed by atoms with Crippen molar-refractivity contribution in [2.45, 2.75) is 59.5 Å². The first-order valence-corrected chi connectivity index (χ1v) is 11.6. The van der Waals surface area contributed by atoms with Crippen molar-refractivity contribution in [2.24, 2.45) is 5.73 Å². The number of amides is 1. The van der Waals surface area contributed by atoms with E-state index >= 15 is 0 Å². The maximum atomic E-state index is 14.7. The molecule has 0 radical (unpaired) electrons. The van der Waals surface area contributed by atoms with Crippen LogP contribution in [0.2, 0.25) is 0 Å². The Hall–Kier alpha value is -3.06. The Bertz CT molecular complexity index is 1120. The van der Waals surface area contributed by atoms with Crippen LogP contribution in [-0.4, -0.2) is 33.4 Å². The van der Waals surface area contributed by atoms with Gasteiger partial charge in [0.05, 0.1) is 17.8 Å². The van der Waals surface area contributed by atoms with E-state index in [0.717, 1.165) is 22.6 Å². The molecule has 7 heteroatoms. The van der Waals surface area contributed by atoms with E-state index in [2.05, 4.69) is 18.4 Å². The van der Waals surface area contributed by atoms with Crippen LogP contribution in [0.25, 0.3) is 11.3 Å². The number of carbonyl (C=O) groups excluding carboxylic acids is 1. The first-order valence-electron chi connectivity index (χ1n) is 11.6. The van der Waals surface area contributed by atoms with Crippen molar-refractivity contribution in [2.75, 3.05) is 13.1 Å². The van der Waals surface area contributed by atoms with Gasteiger partial charge in [-0.15, -0.1) is 0 Å². The van der Waals surface area contributed by atoms with Crippen LogP contribution in [-0.2, 0) is 16.9 Å². The molecular weight excluding hydrogens is 434 g/mol. The summed E-state index contributed by atoms with van der Waals surface area (Å²) in [7, 11) is 0. The van der Waals surface area contributed by atoms with Gasteiger partial charge in [0.2, 0.25) is 5.91 Å². The number of nitrogens with two attached hydrogens (primary N) is 1. The lowest BCUT2D eigenvalue weighted by Crippen LogP contribution is -2.53. The zero-order valence-corrected chi connectivity index (χ0v) is 20.8. The summed E-state index contributed by atoms with van der Waals surface area (Å²) in [6, 6.07) is 11.5. The molecule has 0 unspecified atom stereocenters. The summed E-state index contributed by atoms with van der Waals surface area (Å²) >= 11 is 0. The van der Waals surface area contributed by atoms with Gasteiger partial charge in [0.1, 0.15) is 17.5 Å². The van der Waals surface area contributed by atoms with Gasteiger partial charge in [-0.3, -0.25) is 4.79 Å². The SMILES string of the molecule is Cc1ccc(F)cc1.Cc1cccc(F)c1-c1nc2n(c1C(C)C)CCN(C(=O)CN)C2(C)C. The van der Waals surface area contributed by atoms with Crippen molar-refractivity contribution in [3.8, 4) is 11.3 Å².